The smallest absolute Gasteiger partial charge is 0.394 e. The molecule has 3 rings (SSSR count). The van der Waals surface area contributed by atoms with Crippen molar-refractivity contribution in [3.8, 4) is 5.88 Å². The van der Waals surface area contributed by atoms with Gasteiger partial charge in [-0.2, -0.15) is 18.3 Å². The van der Waals surface area contributed by atoms with E-state index in [2.05, 4.69) is 14.8 Å². The Kier molecular flexibility index (Phi) is 5.10. The summed E-state index contributed by atoms with van der Waals surface area (Å²) >= 11 is 5.82. The third kappa shape index (κ3) is 4.12. The van der Waals surface area contributed by atoms with Gasteiger partial charge in [0.05, 0.1) is 36.0 Å². The molecule has 0 aliphatic rings. The Morgan fingerprint density at radius 3 is 2.68 bits per heavy atom. The van der Waals surface area contributed by atoms with Crippen LogP contribution in [0.5, 0.6) is 5.88 Å². The van der Waals surface area contributed by atoms with Crippen LogP contribution >= 0.6 is 11.6 Å². The highest BCUT2D eigenvalue weighted by Crippen LogP contribution is 2.30. The zero-order valence-corrected chi connectivity index (χ0v) is 15.5. The molecule has 0 aromatic carbocycles. The molecule has 0 radical (unpaired) electrons. The largest absolute Gasteiger partial charge is 0.479 e. The standard InChI is InChI=1S/C15H11ClF4N4O3S/c1-27-14-10(4-9(17)11(22-14)5-15(18,19)20)23-28(25,26)13-6-21-24-7-8(16)2-3-12(13)24/h2-4,6-7,23H,5H2,1H3. The van der Waals surface area contributed by atoms with Crippen molar-refractivity contribution in [2.45, 2.75) is 17.5 Å². The first-order valence-corrected chi connectivity index (χ1v) is 9.32. The van der Waals surface area contributed by atoms with Crippen molar-refractivity contribution in [2.75, 3.05) is 11.8 Å². The second kappa shape index (κ2) is 7.09. The number of hydrogen-bond acceptors (Lipinski definition) is 5. The second-order valence-electron chi connectivity index (χ2n) is 5.56. The molecule has 0 atom stereocenters. The second-order valence-corrected chi connectivity index (χ2v) is 7.64. The van der Waals surface area contributed by atoms with Gasteiger partial charge < -0.3 is 4.74 Å². The molecule has 0 fully saturated rings. The average Bonchev–Trinajstić information content (AvgIpc) is 2.99. The van der Waals surface area contributed by atoms with E-state index in [1.54, 1.807) is 0 Å². The van der Waals surface area contributed by atoms with Crippen LogP contribution in [0, 0.1) is 5.82 Å². The first-order chi connectivity index (χ1) is 13.0. The molecule has 13 heteroatoms. The molecule has 0 aliphatic heterocycles. The first-order valence-electron chi connectivity index (χ1n) is 7.46. The summed E-state index contributed by atoms with van der Waals surface area (Å²) in [6.07, 6.45) is -3.90. The SMILES string of the molecule is COc1nc(CC(F)(F)F)c(F)cc1NS(=O)(=O)c1cnn2cc(Cl)ccc12. The van der Waals surface area contributed by atoms with Crippen LogP contribution in [0.1, 0.15) is 5.69 Å². The highest BCUT2D eigenvalue weighted by atomic mass is 35.5. The number of fused-ring (bicyclic) bond motifs is 1. The Morgan fingerprint density at radius 1 is 1.32 bits per heavy atom. The van der Waals surface area contributed by atoms with E-state index in [0.29, 0.717) is 11.1 Å². The minimum Gasteiger partial charge on any atom is -0.479 e. The fourth-order valence-corrected chi connectivity index (χ4v) is 3.72. The van der Waals surface area contributed by atoms with E-state index in [1.807, 2.05) is 0 Å². The van der Waals surface area contributed by atoms with Gasteiger partial charge in [-0.25, -0.2) is 22.3 Å². The van der Waals surface area contributed by atoms with E-state index in [4.69, 9.17) is 16.3 Å². The number of ether oxygens (including phenoxy) is 1. The third-order valence-electron chi connectivity index (χ3n) is 3.55. The molecule has 0 bridgehead atoms. The molecule has 0 saturated heterocycles. The van der Waals surface area contributed by atoms with Crippen molar-refractivity contribution in [3.63, 3.8) is 0 Å². The number of pyridine rings is 2. The zero-order chi connectivity index (χ0) is 20.7. The molecule has 1 N–H and O–H groups in total. The number of sulfonamides is 1. The van der Waals surface area contributed by atoms with E-state index >= 15 is 0 Å². The quantitative estimate of drug-likeness (QED) is 0.617. The van der Waals surface area contributed by atoms with Crippen molar-refractivity contribution in [1.29, 1.82) is 0 Å². The maximum Gasteiger partial charge on any atom is 0.394 e. The normalized spacial score (nSPS) is 12.4. The van der Waals surface area contributed by atoms with Crippen LogP contribution < -0.4 is 9.46 Å². The molecule has 0 amide bonds. The summed E-state index contributed by atoms with van der Waals surface area (Å²) in [6.45, 7) is 0. The van der Waals surface area contributed by atoms with Gasteiger partial charge in [0.2, 0.25) is 5.88 Å². The van der Waals surface area contributed by atoms with Crippen LogP contribution in [0.15, 0.2) is 35.5 Å². The Morgan fingerprint density at radius 2 is 2.04 bits per heavy atom. The number of nitrogens with one attached hydrogen (secondary N) is 1. The topological polar surface area (TPSA) is 85.6 Å². The van der Waals surface area contributed by atoms with Gasteiger partial charge in [0.1, 0.15) is 16.4 Å². The average molecular weight is 439 g/mol. The van der Waals surface area contributed by atoms with Crippen molar-refractivity contribution in [2.24, 2.45) is 0 Å². The van der Waals surface area contributed by atoms with Gasteiger partial charge in [-0.3, -0.25) is 4.72 Å². The van der Waals surface area contributed by atoms with Gasteiger partial charge in [-0.1, -0.05) is 11.6 Å². The lowest BCUT2D eigenvalue weighted by molar-refractivity contribution is -0.128. The molecule has 0 unspecified atom stereocenters. The van der Waals surface area contributed by atoms with Gasteiger partial charge in [0.15, 0.2) is 0 Å². The van der Waals surface area contributed by atoms with Crippen molar-refractivity contribution >= 4 is 32.8 Å². The molecule has 0 saturated carbocycles. The lowest BCUT2D eigenvalue weighted by Gasteiger charge is -2.13. The Labute approximate surface area is 160 Å². The number of hydrogen-bond donors (Lipinski definition) is 1. The molecule has 3 aromatic rings. The number of methoxy groups -OCH3 is 1. The van der Waals surface area contributed by atoms with Crippen LogP contribution in [0.2, 0.25) is 5.02 Å². The van der Waals surface area contributed by atoms with Gasteiger partial charge in [0.25, 0.3) is 10.0 Å². The van der Waals surface area contributed by atoms with E-state index in [-0.39, 0.29) is 10.4 Å². The number of nitrogens with zero attached hydrogens (tertiary/aromatic N) is 3. The number of aromatic nitrogens is 3. The lowest BCUT2D eigenvalue weighted by atomic mass is 10.2. The molecule has 0 aliphatic carbocycles. The fraction of sp³-hybridized carbons (Fsp3) is 0.200. The fourth-order valence-electron chi connectivity index (χ4n) is 2.39. The maximum atomic E-state index is 14.0. The summed E-state index contributed by atoms with van der Waals surface area (Å²) in [6, 6.07) is 3.44. The van der Waals surface area contributed by atoms with Crippen molar-refractivity contribution in [1.82, 2.24) is 14.6 Å². The molecule has 3 heterocycles. The minimum absolute atomic E-state index is 0.179. The number of alkyl halides is 3. The van der Waals surface area contributed by atoms with Crippen LogP contribution in [-0.2, 0) is 16.4 Å². The van der Waals surface area contributed by atoms with E-state index in [1.165, 1.54) is 22.8 Å². The van der Waals surface area contributed by atoms with Crippen LogP contribution in [0.4, 0.5) is 23.2 Å². The summed E-state index contributed by atoms with van der Waals surface area (Å²) in [5, 5.41) is 4.19. The highest BCUT2D eigenvalue weighted by Gasteiger charge is 2.31. The van der Waals surface area contributed by atoms with Gasteiger partial charge in [-0.05, 0) is 12.1 Å². The zero-order valence-electron chi connectivity index (χ0n) is 14.0. The summed E-state index contributed by atoms with van der Waals surface area (Å²) in [5.74, 6) is -1.84. The maximum absolute atomic E-state index is 14.0. The number of halogens is 5. The summed E-state index contributed by atoms with van der Waals surface area (Å²) < 4.78 is 85.0. The van der Waals surface area contributed by atoms with Gasteiger partial charge in [-0.15, -0.1) is 0 Å². The van der Waals surface area contributed by atoms with Gasteiger partial charge >= 0.3 is 6.18 Å². The van der Waals surface area contributed by atoms with Crippen LogP contribution in [0.3, 0.4) is 0 Å². The van der Waals surface area contributed by atoms with E-state index in [0.717, 1.165) is 13.3 Å². The third-order valence-corrected chi connectivity index (χ3v) is 5.16. The highest BCUT2D eigenvalue weighted by molar-refractivity contribution is 7.93. The molecule has 7 nitrogen and oxygen atoms in total. The lowest BCUT2D eigenvalue weighted by Crippen LogP contribution is -2.17. The first kappa shape index (κ1) is 20.1. The minimum atomic E-state index is -4.70. The van der Waals surface area contributed by atoms with E-state index < -0.39 is 45.7 Å². The number of anilines is 1. The summed E-state index contributed by atoms with van der Waals surface area (Å²) in [5.41, 5.74) is -1.20. The molecular weight excluding hydrogens is 428 g/mol. The Bertz CT molecular complexity index is 1150. The molecule has 3 aromatic heterocycles. The predicted molar refractivity (Wildman–Crippen MR) is 91.5 cm³/mol. The molecule has 28 heavy (non-hydrogen) atoms. The summed E-state index contributed by atoms with van der Waals surface area (Å²) in [7, 11) is -3.23. The van der Waals surface area contributed by atoms with Crippen molar-refractivity contribution in [3.05, 3.63) is 47.1 Å². The molecule has 150 valence electrons. The number of rotatable bonds is 5. The summed E-state index contributed by atoms with van der Waals surface area (Å²) in [4.78, 5) is 3.17. The molecular formula is C15H11ClF4N4O3S. The monoisotopic (exact) mass is 438 g/mol. The van der Waals surface area contributed by atoms with Gasteiger partial charge in [0, 0.05) is 12.3 Å². The van der Waals surface area contributed by atoms with Crippen LogP contribution in [-0.4, -0.2) is 36.3 Å². The predicted octanol–water partition coefficient (Wildman–Crippen LogP) is 3.44. The Balaban J connectivity index is 2.00. The van der Waals surface area contributed by atoms with Crippen LogP contribution in [0.25, 0.3) is 5.52 Å². The Hall–Kier alpha value is -2.60. The van der Waals surface area contributed by atoms with E-state index in [9.17, 15) is 26.0 Å². The molecule has 0 spiro atoms. The van der Waals surface area contributed by atoms with Crippen molar-refractivity contribution < 1.29 is 30.7 Å².